The van der Waals surface area contributed by atoms with Crippen LogP contribution in [0.3, 0.4) is 0 Å². The van der Waals surface area contributed by atoms with Crippen molar-refractivity contribution in [3.05, 3.63) is 124 Å². The fourth-order valence-corrected chi connectivity index (χ4v) is 5.40. The van der Waals surface area contributed by atoms with Gasteiger partial charge in [0.1, 0.15) is 5.75 Å². The highest BCUT2D eigenvalue weighted by atomic mass is 16.6. The summed E-state index contributed by atoms with van der Waals surface area (Å²) in [5.74, 6) is 2.92. The first-order chi connectivity index (χ1) is 20.5. The summed E-state index contributed by atoms with van der Waals surface area (Å²) in [5.41, 5.74) is 4.59. The molecule has 0 radical (unpaired) electrons. The third-order valence-corrected chi connectivity index (χ3v) is 7.23. The predicted molar refractivity (Wildman–Crippen MR) is 161 cm³/mol. The summed E-state index contributed by atoms with van der Waals surface area (Å²) in [6.45, 7) is 1.92. The number of benzene rings is 3. The monoisotopic (exact) mass is 556 g/mol. The molecule has 0 amide bonds. The summed E-state index contributed by atoms with van der Waals surface area (Å²) in [7, 11) is 1.62. The van der Waals surface area contributed by atoms with Gasteiger partial charge in [0.2, 0.25) is 0 Å². The van der Waals surface area contributed by atoms with Gasteiger partial charge < -0.3 is 15.0 Å². The molecule has 206 valence electrons. The third-order valence-electron chi connectivity index (χ3n) is 7.23. The van der Waals surface area contributed by atoms with Crippen LogP contribution in [0, 0.1) is 17.0 Å². The molecule has 0 fully saturated rings. The minimum absolute atomic E-state index is 0.00146. The van der Waals surface area contributed by atoms with Crippen molar-refractivity contribution in [2.45, 2.75) is 13.0 Å². The Bertz CT molecular complexity index is 1910. The van der Waals surface area contributed by atoms with Crippen molar-refractivity contribution >= 4 is 40.2 Å². The van der Waals surface area contributed by atoms with Crippen LogP contribution in [-0.2, 0) is 0 Å². The Morgan fingerprint density at radius 1 is 0.952 bits per heavy atom. The average molecular weight is 557 g/mol. The van der Waals surface area contributed by atoms with Crippen LogP contribution in [0.2, 0.25) is 0 Å². The highest BCUT2D eigenvalue weighted by Gasteiger charge is 2.42. The van der Waals surface area contributed by atoms with E-state index in [1.165, 1.54) is 6.07 Å². The molecule has 2 aliphatic rings. The van der Waals surface area contributed by atoms with Gasteiger partial charge in [-0.05, 0) is 48.9 Å². The number of rotatable bonds is 5. The van der Waals surface area contributed by atoms with E-state index >= 15 is 0 Å². The van der Waals surface area contributed by atoms with Crippen molar-refractivity contribution < 1.29 is 9.66 Å². The van der Waals surface area contributed by atoms with E-state index in [1.54, 1.807) is 30.1 Å². The second-order valence-corrected chi connectivity index (χ2v) is 9.79. The van der Waals surface area contributed by atoms with Gasteiger partial charge in [-0.15, -0.1) is 0 Å². The Hall–Kier alpha value is -5.84. The summed E-state index contributed by atoms with van der Waals surface area (Å²) >= 11 is 0. The van der Waals surface area contributed by atoms with E-state index in [1.807, 2.05) is 79.7 Å². The second-order valence-electron chi connectivity index (χ2n) is 9.79. The summed E-state index contributed by atoms with van der Waals surface area (Å²) in [6.07, 6.45) is 1.70. The number of aryl methyl sites for hydroxylation is 1. The number of para-hydroxylation sites is 2. The first kappa shape index (κ1) is 25.1. The van der Waals surface area contributed by atoms with E-state index in [-0.39, 0.29) is 10.6 Å². The lowest BCUT2D eigenvalue weighted by molar-refractivity contribution is -0.384. The number of non-ortho nitro benzene ring substituents is 1. The standard InChI is InChI=1S/C31H24N8O3/c1-19-27-28(20-9-7-11-22(17-20)39(40)41)37-25-14-4-3-13-24(25)34-29(33-21-10-8-12-23(18-21)42-2)31(37)35-30(27)38(36-19)26-15-5-6-16-32-26/h3-18,28H,1-2H3,(H,33,34)/t28-/m0/s1. The fourth-order valence-electron chi connectivity index (χ4n) is 5.40. The Kier molecular flexibility index (Phi) is 5.97. The number of nitrogens with one attached hydrogen (secondary N) is 1. The highest BCUT2D eigenvalue weighted by Crippen LogP contribution is 2.48. The SMILES string of the molecule is COc1cccc(NC2=Nc3ccccc3N3C2=Nc2c(c(C)nn2-c2ccccn2)[C@@H]3c2cccc([N+](=O)[O-])c2)c1. The van der Waals surface area contributed by atoms with Crippen molar-refractivity contribution in [2.24, 2.45) is 9.98 Å². The molecule has 0 saturated heterocycles. The number of aliphatic imine (C=N–C) groups is 2. The molecule has 2 aliphatic heterocycles. The number of hydrogen-bond donors (Lipinski definition) is 1. The molecule has 11 heteroatoms. The normalized spacial score (nSPS) is 15.1. The molecule has 1 atom stereocenters. The largest absolute Gasteiger partial charge is 0.497 e. The number of ether oxygens (including phenoxy) is 1. The van der Waals surface area contributed by atoms with Crippen molar-refractivity contribution in [3.63, 3.8) is 0 Å². The molecule has 42 heavy (non-hydrogen) atoms. The van der Waals surface area contributed by atoms with Gasteiger partial charge in [-0.25, -0.2) is 15.0 Å². The molecular formula is C31H24N8O3. The summed E-state index contributed by atoms with van der Waals surface area (Å²) in [6, 6.07) is 27.1. The molecule has 3 aromatic carbocycles. The van der Waals surface area contributed by atoms with E-state index in [0.717, 1.165) is 33.9 Å². The van der Waals surface area contributed by atoms with Crippen LogP contribution < -0.4 is 15.0 Å². The van der Waals surface area contributed by atoms with Crippen LogP contribution in [0.25, 0.3) is 5.82 Å². The molecule has 5 aromatic rings. The minimum Gasteiger partial charge on any atom is -0.497 e. The van der Waals surface area contributed by atoms with Gasteiger partial charge in [-0.3, -0.25) is 10.1 Å². The fraction of sp³-hybridized carbons (Fsp3) is 0.0968. The molecule has 0 unspecified atom stereocenters. The molecule has 11 nitrogen and oxygen atoms in total. The van der Waals surface area contributed by atoms with Crippen LogP contribution in [0.5, 0.6) is 5.75 Å². The van der Waals surface area contributed by atoms with Crippen LogP contribution in [0.4, 0.5) is 28.6 Å². The molecule has 1 N–H and O–H groups in total. The van der Waals surface area contributed by atoms with Crippen molar-refractivity contribution in [1.29, 1.82) is 0 Å². The van der Waals surface area contributed by atoms with Gasteiger partial charge in [0.15, 0.2) is 23.3 Å². The van der Waals surface area contributed by atoms with Crippen LogP contribution in [0.1, 0.15) is 22.9 Å². The highest BCUT2D eigenvalue weighted by molar-refractivity contribution is 6.51. The van der Waals surface area contributed by atoms with Crippen LogP contribution in [-0.4, -0.2) is 38.5 Å². The Labute approximate surface area is 240 Å². The summed E-state index contributed by atoms with van der Waals surface area (Å²) in [5, 5.41) is 20.1. The number of nitro groups is 1. The number of nitrogens with zero attached hydrogens (tertiary/aromatic N) is 7. The molecule has 0 aliphatic carbocycles. The number of aromatic nitrogens is 3. The summed E-state index contributed by atoms with van der Waals surface area (Å²) < 4.78 is 7.14. The van der Waals surface area contributed by atoms with Gasteiger partial charge in [-0.2, -0.15) is 9.78 Å². The summed E-state index contributed by atoms with van der Waals surface area (Å²) in [4.78, 5) is 28.2. The lowest BCUT2D eigenvalue weighted by Gasteiger charge is -2.40. The zero-order valence-electron chi connectivity index (χ0n) is 22.7. The number of fused-ring (bicyclic) bond motifs is 4. The lowest BCUT2D eigenvalue weighted by atomic mass is 9.93. The Morgan fingerprint density at radius 2 is 1.79 bits per heavy atom. The van der Waals surface area contributed by atoms with Crippen molar-refractivity contribution in [3.8, 4) is 11.6 Å². The zero-order chi connectivity index (χ0) is 28.8. The van der Waals surface area contributed by atoms with E-state index in [9.17, 15) is 10.1 Å². The average Bonchev–Trinajstić information content (AvgIpc) is 3.36. The van der Waals surface area contributed by atoms with E-state index < -0.39 is 6.04 Å². The minimum atomic E-state index is -0.497. The number of methoxy groups -OCH3 is 1. The molecule has 2 aromatic heterocycles. The van der Waals surface area contributed by atoms with Gasteiger partial charge in [0.25, 0.3) is 5.69 Å². The van der Waals surface area contributed by atoms with Crippen LogP contribution >= 0.6 is 0 Å². The molecular weight excluding hydrogens is 532 g/mol. The van der Waals surface area contributed by atoms with Crippen molar-refractivity contribution in [1.82, 2.24) is 14.8 Å². The Morgan fingerprint density at radius 3 is 2.60 bits per heavy atom. The third kappa shape index (κ3) is 4.15. The first-order valence-electron chi connectivity index (χ1n) is 13.2. The number of nitro benzene ring substituents is 1. The molecule has 0 saturated carbocycles. The van der Waals surface area contributed by atoms with Crippen LogP contribution in [0.15, 0.2) is 107 Å². The molecule has 4 heterocycles. The van der Waals surface area contributed by atoms with Gasteiger partial charge in [0.05, 0.1) is 35.1 Å². The smallest absolute Gasteiger partial charge is 0.269 e. The molecule has 0 spiro atoms. The number of amidine groups is 2. The first-order valence-corrected chi connectivity index (χ1v) is 13.2. The predicted octanol–water partition coefficient (Wildman–Crippen LogP) is 6.29. The van der Waals surface area contributed by atoms with Gasteiger partial charge in [-0.1, -0.05) is 36.4 Å². The van der Waals surface area contributed by atoms with Crippen molar-refractivity contribution in [2.75, 3.05) is 17.3 Å². The zero-order valence-corrected chi connectivity index (χ0v) is 22.7. The number of pyridine rings is 1. The van der Waals surface area contributed by atoms with E-state index in [2.05, 4.69) is 15.2 Å². The van der Waals surface area contributed by atoms with Gasteiger partial charge >= 0.3 is 0 Å². The lowest BCUT2D eigenvalue weighted by Crippen LogP contribution is -2.46. The van der Waals surface area contributed by atoms with E-state index in [4.69, 9.17) is 19.8 Å². The van der Waals surface area contributed by atoms with Gasteiger partial charge in [0, 0.05) is 35.6 Å². The molecule has 0 bridgehead atoms. The van der Waals surface area contributed by atoms with E-state index in [0.29, 0.717) is 29.1 Å². The maximum Gasteiger partial charge on any atom is 0.269 e. The Balaban J connectivity index is 1.49. The second kappa shape index (κ2) is 9.97. The maximum atomic E-state index is 11.8. The number of anilines is 2. The topological polar surface area (TPSA) is 123 Å². The maximum absolute atomic E-state index is 11.8. The quantitative estimate of drug-likeness (QED) is 0.199. The number of hydrogen-bond acceptors (Lipinski definition) is 9. The molecule has 7 rings (SSSR count).